The van der Waals surface area contributed by atoms with Gasteiger partial charge in [0.2, 0.25) is 0 Å². The highest BCUT2D eigenvalue weighted by atomic mass is 32.2. The van der Waals surface area contributed by atoms with Crippen molar-refractivity contribution in [3.8, 4) is 21.9 Å². The second-order valence-electron chi connectivity index (χ2n) is 4.29. The Bertz CT molecular complexity index is 840. The van der Waals surface area contributed by atoms with Gasteiger partial charge in [-0.25, -0.2) is 8.42 Å². The van der Waals surface area contributed by atoms with Crippen LogP contribution in [0.4, 0.5) is 0 Å². The number of rotatable bonds is 5. The zero-order valence-corrected chi connectivity index (χ0v) is 13.4. The van der Waals surface area contributed by atoms with Crippen LogP contribution in [-0.2, 0) is 14.6 Å². The van der Waals surface area contributed by atoms with Crippen molar-refractivity contribution in [1.82, 2.24) is 4.72 Å². The number of benzene rings is 1. The molecule has 0 fully saturated rings. The van der Waals surface area contributed by atoms with Gasteiger partial charge in [-0.2, -0.15) is 4.72 Å². The Morgan fingerprint density at radius 3 is 2.36 bits per heavy atom. The van der Waals surface area contributed by atoms with Crippen LogP contribution < -0.4 is 4.72 Å². The van der Waals surface area contributed by atoms with Crippen LogP contribution in [0.1, 0.15) is 0 Å². The van der Waals surface area contributed by atoms with Crippen molar-refractivity contribution < 1.29 is 33.0 Å². The minimum atomic E-state index is -4.49. The molecule has 0 spiro atoms. The molecule has 0 unspecified atom stereocenters. The summed E-state index contributed by atoms with van der Waals surface area (Å²) in [5.41, 5.74) is 0.497. The fourth-order valence-corrected chi connectivity index (χ4v) is 4.90. The quantitative estimate of drug-likeness (QED) is 0.396. The average molecular weight is 365 g/mol. The predicted molar refractivity (Wildman–Crippen MR) is 80.3 cm³/mol. The minimum absolute atomic E-state index is 0.122. The third kappa shape index (κ3) is 4.07. The van der Waals surface area contributed by atoms with Crippen LogP contribution in [0.25, 0.3) is 10.4 Å². The number of nitrogens with one attached hydrogen (secondary N) is 1. The normalized spacial score (nSPS) is 12.5. The van der Waals surface area contributed by atoms with Crippen LogP contribution >= 0.6 is 18.9 Å². The Balaban J connectivity index is 2.27. The van der Waals surface area contributed by atoms with Gasteiger partial charge in [-0.15, -0.1) is 11.3 Å². The molecule has 1 aromatic heterocycles. The Morgan fingerprint density at radius 2 is 1.77 bits per heavy atom. The summed E-state index contributed by atoms with van der Waals surface area (Å²) in [7, 11) is -8.53. The van der Waals surface area contributed by atoms with Crippen LogP contribution in [0, 0.1) is 0 Å². The molecule has 0 bridgehead atoms. The third-order valence-electron chi connectivity index (χ3n) is 2.57. The van der Waals surface area contributed by atoms with Crippen molar-refractivity contribution in [3.63, 3.8) is 0 Å². The Kier molecular flexibility index (Phi) is 4.62. The van der Waals surface area contributed by atoms with E-state index in [1.807, 2.05) is 4.72 Å². The van der Waals surface area contributed by atoms with E-state index < -0.39 is 23.9 Å². The monoisotopic (exact) mass is 365 g/mol. The van der Waals surface area contributed by atoms with Crippen molar-refractivity contribution in [2.45, 2.75) is 4.21 Å². The van der Waals surface area contributed by atoms with Crippen molar-refractivity contribution in [2.75, 3.05) is 6.29 Å². The maximum absolute atomic E-state index is 11.9. The number of hydrogen-bond donors (Lipinski definition) is 5. The van der Waals surface area contributed by atoms with E-state index in [-0.39, 0.29) is 15.7 Å². The Labute approximate surface area is 129 Å². The molecule has 2 aromatic rings. The summed E-state index contributed by atoms with van der Waals surface area (Å²) >= 11 is 0.862. The zero-order valence-electron chi connectivity index (χ0n) is 10.9. The summed E-state index contributed by atoms with van der Waals surface area (Å²) < 4.78 is 36.3. The molecule has 1 aromatic carbocycles. The summed E-state index contributed by atoms with van der Waals surface area (Å²) in [6, 6.07) is 6.82. The fourth-order valence-electron chi connectivity index (χ4n) is 1.54. The van der Waals surface area contributed by atoms with E-state index >= 15 is 0 Å². The van der Waals surface area contributed by atoms with E-state index in [1.165, 1.54) is 30.3 Å². The topological polar surface area (TPSA) is 144 Å². The van der Waals surface area contributed by atoms with Gasteiger partial charge in [0.05, 0.1) is 0 Å². The molecule has 8 nitrogen and oxygen atoms in total. The fraction of sp³-hybridized carbons (Fsp3) is 0.0909. The Morgan fingerprint density at radius 1 is 1.09 bits per heavy atom. The van der Waals surface area contributed by atoms with E-state index in [1.54, 1.807) is 0 Å². The summed E-state index contributed by atoms with van der Waals surface area (Å²) in [6.45, 7) is 0. The second kappa shape index (κ2) is 5.99. The molecule has 2 rings (SSSR count). The summed E-state index contributed by atoms with van der Waals surface area (Å²) in [5, 5.41) is 18.7. The van der Waals surface area contributed by atoms with E-state index in [0.717, 1.165) is 11.3 Å². The number of hydrogen-bond acceptors (Lipinski definition) is 6. The molecule has 0 aliphatic heterocycles. The molecular formula is C11H12NO7PS2. The lowest BCUT2D eigenvalue weighted by Crippen LogP contribution is -2.23. The molecule has 0 atom stereocenters. The molecule has 0 saturated carbocycles. The van der Waals surface area contributed by atoms with Gasteiger partial charge in [-0.05, 0) is 35.9 Å². The lowest BCUT2D eigenvalue weighted by atomic mass is 10.2. The maximum Gasteiger partial charge on any atom is 0.340 e. The highest BCUT2D eigenvalue weighted by molar-refractivity contribution is 7.92. The highest BCUT2D eigenvalue weighted by Crippen LogP contribution is 2.36. The minimum Gasteiger partial charge on any atom is -0.504 e. The van der Waals surface area contributed by atoms with E-state index in [9.17, 15) is 23.2 Å². The van der Waals surface area contributed by atoms with Gasteiger partial charge < -0.3 is 20.0 Å². The molecule has 22 heavy (non-hydrogen) atoms. The largest absolute Gasteiger partial charge is 0.504 e. The van der Waals surface area contributed by atoms with Crippen LogP contribution in [0.2, 0.25) is 0 Å². The molecule has 0 saturated heterocycles. The number of aromatic hydroxyl groups is 2. The number of sulfonamides is 1. The Hall–Kier alpha value is -1.42. The molecule has 0 amide bonds. The van der Waals surface area contributed by atoms with Gasteiger partial charge in [-0.3, -0.25) is 4.57 Å². The third-order valence-corrected chi connectivity index (χ3v) is 6.38. The van der Waals surface area contributed by atoms with Gasteiger partial charge in [0, 0.05) is 4.88 Å². The van der Waals surface area contributed by atoms with Gasteiger partial charge >= 0.3 is 7.60 Å². The molecule has 0 aliphatic carbocycles. The van der Waals surface area contributed by atoms with Crippen LogP contribution in [-0.4, -0.2) is 34.7 Å². The standard InChI is InChI=1S/C11H12NO7PS2/c13-8-2-1-7(5-9(8)14)10-3-4-11(21-10)22(18,19)12-6-20(15,16)17/h1-5,12-14H,6H2,(H2,15,16,17). The van der Waals surface area contributed by atoms with E-state index in [4.69, 9.17) is 9.79 Å². The smallest absolute Gasteiger partial charge is 0.340 e. The van der Waals surface area contributed by atoms with E-state index in [2.05, 4.69) is 0 Å². The highest BCUT2D eigenvalue weighted by Gasteiger charge is 2.22. The molecule has 120 valence electrons. The van der Waals surface area contributed by atoms with Crippen molar-refractivity contribution in [1.29, 1.82) is 0 Å². The summed E-state index contributed by atoms with van der Waals surface area (Å²) in [5.74, 6) is -0.633. The van der Waals surface area contributed by atoms with Crippen LogP contribution in [0.15, 0.2) is 34.5 Å². The molecule has 5 N–H and O–H groups in total. The van der Waals surface area contributed by atoms with Crippen molar-refractivity contribution in [3.05, 3.63) is 30.3 Å². The molecular weight excluding hydrogens is 353 g/mol. The lowest BCUT2D eigenvalue weighted by molar-refractivity contribution is 0.371. The van der Waals surface area contributed by atoms with Crippen molar-refractivity contribution in [2.24, 2.45) is 0 Å². The first-order valence-electron chi connectivity index (χ1n) is 5.75. The summed E-state index contributed by atoms with van der Waals surface area (Å²) in [6.07, 6.45) is -0.984. The summed E-state index contributed by atoms with van der Waals surface area (Å²) in [4.78, 5) is 17.9. The first kappa shape index (κ1) is 16.9. The molecule has 1 heterocycles. The first-order valence-corrected chi connectivity index (χ1v) is 9.85. The number of phenols is 2. The zero-order chi connectivity index (χ0) is 16.5. The molecule has 0 radical (unpaired) electrons. The first-order chi connectivity index (χ1) is 10.1. The van der Waals surface area contributed by atoms with Crippen LogP contribution in [0.3, 0.4) is 0 Å². The second-order valence-corrected chi connectivity index (χ2v) is 9.02. The van der Waals surface area contributed by atoms with E-state index in [0.29, 0.717) is 10.4 Å². The average Bonchev–Trinajstić information content (AvgIpc) is 2.89. The lowest BCUT2D eigenvalue weighted by Gasteiger charge is -2.05. The number of phenolic OH excluding ortho intramolecular Hbond substituents is 2. The van der Waals surface area contributed by atoms with Gasteiger partial charge in [0.25, 0.3) is 10.0 Å². The molecule has 11 heteroatoms. The molecule has 0 aliphatic rings. The maximum atomic E-state index is 11.9. The van der Waals surface area contributed by atoms with Gasteiger partial charge in [0.1, 0.15) is 10.5 Å². The van der Waals surface area contributed by atoms with Gasteiger partial charge in [0.15, 0.2) is 11.5 Å². The SMILES string of the molecule is O=P(O)(O)CNS(=O)(=O)c1ccc(-c2ccc(O)c(O)c2)s1. The number of thiophene rings is 1. The van der Waals surface area contributed by atoms with Gasteiger partial charge in [-0.1, -0.05) is 0 Å². The van der Waals surface area contributed by atoms with Crippen molar-refractivity contribution >= 4 is 29.0 Å². The van der Waals surface area contributed by atoms with Crippen LogP contribution in [0.5, 0.6) is 11.5 Å². The predicted octanol–water partition coefficient (Wildman–Crippen LogP) is 1.24.